The standard InChI is InChI=1S/C24H24N4O4S/c1-24(2,3)15-11-9-14(10-12-15)21-27-28-23(32-21)33-13-18(29)19(22(30)31-4)20-25-16-7-5-6-8-17(16)26-20/h5-12,29H,13H2,1-4H3,(H,25,26)/b19-18+. The van der Waals surface area contributed by atoms with Crippen molar-refractivity contribution in [3.8, 4) is 11.5 Å². The van der Waals surface area contributed by atoms with Gasteiger partial charge in [0.15, 0.2) is 0 Å². The fraction of sp³-hybridized carbons (Fsp3) is 0.250. The summed E-state index contributed by atoms with van der Waals surface area (Å²) in [5.41, 5.74) is 3.44. The normalized spacial score (nSPS) is 12.6. The third-order valence-electron chi connectivity index (χ3n) is 5.04. The zero-order valence-electron chi connectivity index (χ0n) is 18.7. The summed E-state index contributed by atoms with van der Waals surface area (Å²) in [6, 6.07) is 15.3. The minimum absolute atomic E-state index is 0.0199. The van der Waals surface area contributed by atoms with E-state index in [4.69, 9.17) is 9.15 Å². The number of thioether (sulfide) groups is 1. The molecule has 9 heteroatoms. The number of para-hydroxylation sites is 2. The van der Waals surface area contributed by atoms with E-state index in [1.54, 1.807) is 0 Å². The summed E-state index contributed by atoms with van der Waals surface area (Å²) in [7, 11) is 1.25. The Morgan fingerprint density at radius 1 is 1.12 bits per heavy atom. The van der Waals surface area contributed by atoms with E-state index in [9.17, 15) is 9.90 Å². The maximum Gasteiger partial charge on any atom is 0.345 e. The van der Waals surface area contributed by atoms with Crippen LogP contribution in [0.25, 0.3) is 28.1 Å². The number of aliphatic hydroxyl groups excluding tert-OH is 1. The molecule has 0 spiro atoms. The molecule has 0 fully saturated rings. The Morgan fingerprint density at radius 3 is 2.52 bits per heavy atom. The average Bonchev–Trinajstić information content (AvgIpc) is 3.44. The predicted octanol–water partition coefficient (Wildman–Crippen LogP) is 5.14. The van der Waals surface area contributed by atoms with E-state index < -0.39 is 5.97 Å². The highest BCUT2D eigenvalue weighted by molar-refractivity contribution is 7.99. The van der Waals surface area contributed by atoms with Crippen LogP contribution in [0, 0.1) is 0 Å². The third-order valence-corrected chi connectivity index (χ3v) is 5.87. The lowest BCUT2D eigenvalue weighted by atomic mass is 9.87. The topological polar surface area (TPSA) is 114 Å². The second kappa shape index (κ2) is 9.11. The molecule has 0 saturated heterocycles. The molecule has 2 aromatic carbocycles. The van der Waals surface area contributed by atoms with Gasteiger partial charge in [-0.15, -0.1) is 10.2 Å². The molecule has 0 aliphatic heterocycles. The first-order chi connectivity index (χ1) is 15.8. The molecule has 4 aromatic rings. The number of rotatable bonds is 6. The van der Waals surface area contributed by atoms with E-state index in [2.05, 4.69) is 40.9 Å². The Labute approximate surface area is 195 Å². The summed E-state index contributed by atoms with van der Waals surface area (Å²) in [5.74, 6) is -0.276. The number of imidazole rings is 1. The lowest BCUT2D eigenvalue weighted by molar-refractivity contribution is -0.133. The number of hydrogen-bond donors (Lipinski definition) is 2. The number of benzene rings is 2. The first kappa shape index (κ1) is 22.6. The van der Waals surface area contributed by atoms with Gasteiger partial charge in [-0.3, -0.25) is 0 Å². The molecule has 8 nitrogen and oxygen atoms in total. The van der Waals surface area contributed by atoms with Crippen molar-refractivity contribution in [3.05, 3.63) is 65.7 Å². The summed E-state index contributed by atoms with van der Waals surface area (Å²) < 4.78 is 10.6. The fourth-order valence-corrected chi connectivity index (χ4v) is 3.87. The smallest absolute Gasteiger partial charge is 0.345 e. The molecule has 0 aliphatic rings. The molecule has 0 unspecified atom stereocenters. The van der Waals surface area contributed by atoms with Crippen LogP contribution in [0.1, 0.15) is 32.2 Å². The van der Waals surface area contributed by atoms with Crippen molar-refractivity contribution in [1.29, 1.82) is 0 Å². The molecule has 0 saturated carbocycles. The van der Waals surface area contributed by atoms with Gasteiger partial charge >= 0.3 is 5.97 Å². The van der Waals surface area contributed by atoms with Crippen LogP contribution < -0.4 is 0 Å². The molecule has 0 radical (unpaired) electrons. The van der Waals surface area contributed by atoms with Crippen LogP contribution in [0.2, 0.25) is 0 Å². The number of nitrogens with zero attached hydrogens (tertiary/aromatic N) is 3. The monoisotopic (exact) mass is 464 g/mol. The van der Waals surface area contributed by atoms with E-state index in [1.165, 1.54) is 12.7 Å². The van der Waals surface area contributed by atoms with E-state index >= 15 is 0 Å². The second-order valence-corrected chi connectivity index (χ2v) is 9.33. The van der Waals surface area contributed by atoms with E-state index in [0.717, 1.165) is 22.8 Å². The molecule has 2 aromatic heterocycles. The lowest BCUT2D eigenvalue weighted by Gasteiger charge is -2.18. The lowest BCUT2D eigenvalue weighted by Crippen LogP contribution is -2.10. The van der Waals surface area contributed by atoms with E-state index in [1.807, 2.05) is 48.5 Å². The maximum atomic E-state index is 12.4. The first-order valence-corrected chi connectivity index (χ1v) is 11.3. The molecule has 0 amide bonds. The SMILES string of the molecule is COC(=O)/C(=C(/O)CSc1nnc(-c2ccc(C(C)(C)C)cc2)o1)c1nc2ccccc2[nH]1. The molecule has 33 heavy (non-hydrogen) atoms. The molecule has 0 atom stereocenters. The summed E-state index contributed by atoms with van der Waals surface area (Å²) in [6.07, 6.45) is 0. The largest absolute Gasteiger partial charge is 0.510 e. The van der Waals surface area contributed by atoms with Gasteiger partial charge < -0.3 is 19.2 Å². The van der Waals surface area contributed by atoms with Crippen molar-refractivity contribution < 1.29 is 19.1 Å². The maximum absolute atomic E-state index is 12.4. The first-order valence-electron chi connectivity index (χ1n) is 10.3. The van der Waals surface area contributed by atoms with E-state index in [0.29, 0.717) is 11.4 Å². The number of aromatic amines is 1. The van der Waals surface area contributed by atoms with Gasteiger partial charge in [-0.2, -0.15) is 0 Å². The second-order valence-electron chi connectivity index (χ2n) is 8.40. The number of carbonyl (C=O) groups excluding carboxylic acids is 1. The zero-order valence-corrected chi connectivity index (χ0v) is 19.6. The zero-order chi connectivity index (χ0) is 23.6. The highest BCUT2D eigenvalue weighted by atomic mass is 32.2. The summed E-state index contributed by atoms with van der Waals surface area (Å²) in [5, 5.41) is 19.1. The molecule has 170 valence electrons. The van der Waals surface area contributed by atoms with Gasteiger partial charge in [0.25, 0.3) is 5.22 Å². The summed E-state index contributed by atoms with van der Waals surface area (Å²) in [6.45, 7) is 6.45. The fourth-order valence-electron chi connectivity index (χ4n) is 3.22. The van der Waals surface area contributed by atoms with Crippen LogP contribution in [0.4, 0.5) is 0 Å². The highest BCUT2D eigenvalue weighted by Crippen LogP contribution is 2.29. The number of aromatic nitrogens is 4. The quantitative estimate of drug-likeness (QED) is 0.174. The number of esters is 1. The van der Waals surface area contributed by atoms with Crippen LogP contribution in [0.15, 0.2) is 63.9 Å². The average molecular weight is 465 g/mol. The molecular formula is C24H24N4O4S. The van der Waals surface area contributed by atoms with Crippen molar-refractivity contribution in [3.63, 3.8) is 0 Å². The number of ether oxygens (including phenoxy) is 1. The Morgan fingerprint density at radius 2 is 1.85 bits per heavy atom. The molecule has 2 N–H and O–H groups in total. The number of H-pyrrole nitrogens is 1. The van der Waals surface area contributed by atoms with Crippen LogP contribution in [0.3, 0.4) is 0 Å². The predicted molar refractivity (Wildman–Crippen MR) is 127 cm³/mol. The Hall–Kier alpha value is -3.59. The van der Waals surface area contributed by atoms with Crippen molar-refractivity contribution in [2.24, 2.45) is 0 Å². The molecular weight excluding hydrogens is 440 g/mol. The van der Waals surface area contributed by atoms with Crippen LogP contribution >= 0.6 is 11.8 Å². The molecule has 4 rings (SSSR count). The van der Waals surface area contributed by atoms with Gasteiger partial charge in [-0.25, -0.2) is 9.78 Å². The van der Waals surface area contributed by atoms with Gasteiger partial charge in [0.05, 0.1) is 23.9 Å². The van der Waals surface area contributed by atoms with Crippen molar-refractivity contribution >= 4 is 34.3 Å². The van der Waals surface area contributed by atoms with Gasteiger partial charge in [0, 0.05) is 5.56 Å². The van der Waals surface area contributed by atoms with Crippen molar-refractivity contribution in [2.45, 2.75) is 31.4 Å². The Balaban J connectivity index is 1.53. The number of hydrogen-bond acceptors (Lipinski definition) is 8. The summed E-state index contributed by atoms with van der Waals surface area (Å²) >= 11 is 1.11. The van der Waals surface area contributed by atoms with Crippen molar-refractivity contribution in [2.75, 3.05) is 12.9 Å². The number of carbonyl (C=O) groups is 1. The van der Waals surface area contributed by atoms with Crippen LogP contribution in [0.5, 0.6) is 0 Å². The Kier molecular flexibility index (Phi) is 6.24. The van der Waals surface area contributed by atoms with Gasteiger partial charge in [0.2, 0.25) is 5.89 Å². The van der Waals surface area contributed by atoms with E-state index in [-0.39, 0.29) is 33.5 Å². The molecule has 2 heterocycles. The minimum Gasteiger partial charge on any atom is -0.510 e. The van der Waals surface area contributed by atoms with Crippen molar-refractivity contribution in [1.82, 2.24) is 20.2 Å². The number of aliphatic hydroxyl groups is 1. The summed E-state index contributed by atoms with van der Waals surface area (Å²) in [4.78, 5) is 19.8. The number of nitrogens with one attached hydrogen (secondary N) is 1. The highest BCUT2D eigenvalue weighted by Gasteiger charge is 2.23. The van der Waals surface area contributed by atoms with Gasteiger partial charge in [-0.05, 0) is 35.2 Å². The Bertz CT molecular complexity index is 1280. The van der Waals surface area contributed by atoms with Gasteiger partial charge in [-0.1, -0.05) is 56.8 Å². The third kappa shape index (κ3) is 4.93. The molecule has 0 bridgehead atoms. The van der Waals surface area contributed by atoms with Crippen LogP contribution in [-0.2, 0) is 14.9 Å². The molecule has 0 aliphatic carbocycles. The minimum atomic E-state index is -0.697. The number of methoxy groups -OCH3 is 1. The number of fused-ring (bicyclic) bond motifs is 1. The van der Waals surface area contributed by atoms with Crippen LogP contribution in [-0.4, -0.2) is 44.1 Å². The van der Waals surface area contributed by atoms with Gasteiger partial charge in [0.1, 0.15) is 17.2 Å².